The molecule has 4 nitrogen and oxygen atoms in total. The van der Waals surface area contributed by atoms with E-state index in [4.69, 9.17) is 9.47 Å². The Balaban J connectivity index is 2.31. The van der Waals surface area contributed by atoms with Gasteiger partial charge in [0, 0.05) is 5.41 Å². The van der Waals surface area contributed by atoms with E-state index in [1.807, 2.05) is 38.1 Å². The van der Waals surface area contributed by atoms with Crippen LogP contribution in [-0.2, 0) is 9.53 Å². The summed E-state index contributed by atoms with van der Waals surface area (Å²) in [6.07, 6.45) is 0. The van der Waals surface area contributed by atoms with Crippen molar-refractivity contribution in [2.24, 2.45) is 10.4 Å². The third-order valence-corrected chi connectivity index (χ3v) is 2.71. The Bertz CT molecular complexity index is 460. The second-order valence-electron chi connectivity index (χ2n) is 4.62. The summed E-state index contributed by atoms with van der Waals surface area (Å²) >= 11 is 0. The number of hydrogen-bond donors (Lipinski definition) is 0. The van der Waals surface area contributed by atoms with E-state index in [0.717, 1.165) is 11.4 Å². The third-order valence-electron chi connectivity index (χ3n) is 2.71. The molecule has 0 bridgehead atoms. The lowest BCUT2D eigenvalue weighted by Gasteiger charge is -2.12. The number of aliphatic imine (C=N–C) groups is 1. The van der Waals surface area contributed by atoms with Crippen molar-refractivity contribution in [1.82, 2.24) is 0 Å². The first-order valence-electron chi connectivity index (χ1n) is 5.43. The smallest absolute Gasteiger partial charge is 0.353 e. The number of carbonyl (C=O) groups is 1. The molecule has 0 saturated carbocycles. The van der Waals surface area contributed by atoms with Crippen LogP contribution in [0.5, 0.6) is 5.75 Å². The first kappa shape index (κ1) is 11.6. The van der Waals surface area contributed by atoms with E-state index in [0.29, 0.717) is 12.3 Å². The first-order valence-corrected chi connectivity index (χ1v) is 5.43. The molecule has 1 saturated heterocycles. The Hall–Kier alpha value is -1.84. The van der Waals surface area contributed by atoms with E-state index in [1.165, 1.54) is 0 Å². The Morgan fingerprint density at radius 3 is 2.41 bits per heavy atom. The van der Waals surface area contributed by atoms with Crippen LogP contribution in [0.2, 0.25) is 0 Å². The molecule has 0 atom stereocenters. The van der Waals surface area contributed by atoms with E-state index in [9.17, 15) is 4.79 Å². The van der Waals surface area contributed by atoms with Gasteiger partial charge in [0.05, 0.1) is 12.8 Å². The Morgan fingerprint density at radius 1 is 1.29 bits per heavy atom. The number of ether oxygens (including phenoxy) is 2. The molecule has 90 valence electrons. The standard InChI is InChI=1S/C13H15NO3/c1-13(2)8-17-12(15)11(13)14-9-4-6-10(16-3)7-5-9/h4-7H,8H2,1-3H3. The van der Waals surface area contributed by atoms with E-state index in [2.05, 4.69) is 4.99 Å². The molecule has 1 aromatic rings. The highest BCUT2D eigenvalue weighted by Crippen LogP contribution is 2.28. The van der Waals surface area contributed by atoms with Crippen molar-refractivity contribution in [3.63, 3.8) is 0 Å². The summed E-state index contributed by atoms with van der Waals surface area (Å²) in [4.78, 5) is 15.9. The molecule has 0 unspecified atom stereocenters. The molecule has 4 heteroatoms. The normalized spacial score (nSPS) is 20.4. The third kappa shape index (κ3) is 2.30. The van der Waals surface area contributed by atoms with Crippen LogP contribution in [0.15, 0.2) is 29.3 Å². The average Bonchev–Trinajstić information content (AvgIpc) is 2.57. The zero-order valence-corrected chi connectivity index (χ0v) is 10.2. The molecule has 1 fully saturated rings. The maximum absolute atomic E-state index is 11.5. The van der Waals surface area contributed by atoms with Crippen molar-refractivity contribution in [2.75, 3.05) is 13.7 Å². The van der Waals surface area contributed by atoms with Gasteiger partial charge in [0.1, 0.15) is 18.1 Å². The summed E-state index contributed by atoms with van der Waals surface area (Å²) in [6.45, 7) is 4.28. The van der Waals surface area contributed by atoms with Crippen molar-refractivity contribution in [3.05, 3.63) is 24.3 Å². The fraction of sp³-hybridized carbons (Fsp3) is 0.385. The maximum Gasteiger partial charge on any atom is 0.353 e. The summed E-state index contributed by atoms with van der Waals surface area (Å²) in [5.41, 5.74) is 0.882. The van der Waals surface area contributed by atoms with Gasteiger partial charge < -0.3 is 9.47 Å². The number of methoxy groups -OCH3 is 1. The lowest BCUT2D eigenvalue weighted by molar-refractivity contribution is -0.133. The lowest BCUT2D eigenvalue weighted by Crippen LogP contribution is -2.23. The van der Waals surface area contributed by atoms with E-state index in [-0.39, 0.29) is 11.4 Å². The monoisotopic (exact) mass is 233 g/mol. The van der Waals surface area contributed by atoms with Gasteiger partial charge in [-0.25, -0.2) is 9.79 Å². The van der Waals surface area contributed by atoms with Gasteiger partial charge >= 0.3 is 5.97 Å². The second-order valence-corrected chi connectivity index (χ2v) is 4.62. The number of esters is 1. The Labute approximate surface area is 100 Å². The number of hydrogen-bond acceptors (Lipinski definition) is 4. The van der Waals surface area contributed by atoms with Crippen molar-refractivity contribution in [3.8, 4) is 5.75 Å². The highest BCUT2D eigenvalue weighted by Gasteiger charge is 2.39. The highest BCUT2D eigenvalue weighted by atomic mass is 16.5. The topological polar surface area (TPSA) is 47.9 Å². The minimum Gasteiger partial charge on any atom is -0.497 e. The minimum absolute atomic E-state index is 0.322. The van der Waals surface area contributed by atoms with Gasteiger partial charge in [-0.15, -0.1) is 0 Å². The summed E-state index contributed by atoms with van der Waals surface area (Å²) in [7, 11) is 1.61. The molecule has 0 aromatic heterocycles. The maximum atomic E-state index is 11.5. The van der Waals surface area contributed by atoms with Crippen LogP contribution in [0.25, 0.3) is 0 Å². The summed E-state index contributed by atoms with van der Waals surface area (Å²) in [5.74, 6) is 0.438. The predicted molar refractivity (Wildman–Crippen MR) is 64.8 cm³/mol. The molecule has 17 heavy (non-hydrogen) atoms. The van der Waals surface area contributed by atoms with Gasteiger partial charge in [0.2, 0.25) is 0 Å². The quantitative estimate of drug-likeness (QED) is 0.737. The van der Waals surface area contributed by atoms with Gasteiger partial charge in [0.15, 0.2) is 0 Å². The Morgan fingerprint density at radius 2 is 1.94 bits per heavy atom. The van der Waals surface area contributed by atoms with Gasteiger partial charge in [-0.2, -0.15) is 0 Å². The van der Waals surface area contributed by atoms with Crippen LogP contribution in [0.1, 0.15) is 13.8 Å². The van der Waals surface area contributed by atoms with Crippen molar-refractivity contribution < 1.29 is 14.3 Å². The van der Waals surface area contributed by atoms with Gasteiger partial charge in [-0.05, 0) is 24.3 Å². The lowest BCUT2D eigenvalue weighted by atomic mass is 9.90. The number of benzene rings is 1. The molecular weight excluding hydrogens is 218 g/mol. The predicted octanol–water partition coefficient (Wildman–Crippen LogP) is 2.35. The largest absolute Gasteiger partial charge is 0.497 e. The number of nitrogens with zero attached hydrogens (tertiary/aromatic N) is 1. The average molecular weight is 233 g/mol. The summed E-state index contributed by atoms with van der Waals surface area (Å²) in [5, 5.41) is 0. The molecule has 2 rings (SSSR count). The second kappa shape index (κ2) is 4.20. The van der Waals surface area contributed by atoms with Crippen LogP contribution in [0.3, 0.4) is 0 Å². The van der Waals surface area contributed by atoms with Gasteiger partial charge in [0.25, 0.3) is 0 Å². The molecule has 1 aromatic carbocycles. The molecule has 1 aliphatic heterocycles. The first-order chi connectivity index (χ1) is 8.03. The van der Waals surface area contributed by atoms with Crippen molar-refractivity contribution >= 4 is 17.4 Å². The number of rotatable bonds is 2. The molecule has 1 aliphatic rings. The number of carbonyl (C=O) groups excluding carboxylic acids is 1. The van der Waals surface area contributed by atoms with E-state index >= 15 is 0 Å². The van der Waals surface area contributed by atoms with E-state index in [1.54, 1.807) is 7.11 Å². The zero-order chi connectivity index (χ0) is 12.5. The van der Waals surface area contributed by atoms with Crippen LogP contribution in [0, 0.1) is 5.41 Å². The van der Waals surface area contributed by atoms with Gasteiger partial charge in [-0.3, -0.25) is 0 Å². The molecular formula is C13H15NO3. The molecule has 0 N–H and O–H groups in total. The molecule has 1 heterocycles. The van der Waals surface area contributed by atoms with E-state index < -0.39 is 0 Å². The fourth-order valence-corrected chi connectivity index (χ4v) is 1.64. The van der Waals surface area contributed by atoms with Gasteiger partial charge in [-0.1, -0.05) is 13.8 Å². The molecule has 0 radical (unpaired) electrons. The highest BCUT2D eigenvalue weighted by molar-refractivity contribution is 6.40. The molecule has 0 spiro atoms. The van der Waals surface area contributed by atoms with Crippen molar-refractivity contribution in [1.29, 1.82) is 0 Å². The molecule has 0 aliphatic carbocycles. The van der Waals surface area contributed by atoms with Crippen LogP contribution >= 0.6 is 0 Å². The van der Waals surface area contributed by atoms with Crippen LogP contribution < -0.4 is 4.74 Å². The fourth-order valence-electron chi connectivity index (χ4n) is 1.64. The van der Waals surface area contributed by atoms with Crippen LogP contribution in [-0.4, -0.2) is 25.4 Å². The summed E-state index contributed by atoms with van der Waals surface area (Å²) < 4.78 is 10.1. The van der Waals surface area contributed by atoms with Crippen LogP contribution in [0.4, 0.5) is 5.69 Å². The SMILES string of the molecule is COc1ccc(N=C2C(=O)OCC2(C)C)cc1. The Kier molecular flexibility index (Phi) is 2.88. The zero-order valence-electron chi connectivity index (χ0n) is 10.2. The number of cyclic esters (lactones) is 1. The molecule has 0 amide bonds. The minimum atomic E-state index is -0.328. The van der Waals surface area contributed by atoms with Crippen molar-refractivity contribution in [2.45, 2.75) is 13.8 Å². The summed E-state index contributed by atoms with van der Waals surface area (Å²) in [6, 6.07) is 7.25.